The monoisotopic (exact) mass is 637 g/mol. The van der Waals surface area contributed by atoms with Gasteiger partial charge >= 0.3 is 12.4 Å². The molecule has 2 aromatic carbocycles. The second-order valence-electron chi connectivity index (χ2n) is 9.83. The van der Waals surface area contributed by atoms with E-state index in [1.54, 1.807) is 0 Å². The molecule has 0 spiro atoms. The van der Waals surface area contributed by atoms with Crippen molar-refractivity contribution in [1.29, 1.82) is 0 Å². The van der Waals surface area contributed by atoms with Crippen LogP contribution in [0.2, 0.25) is 0 Å². The number of amides is 1. The first-order valence-corrected chi connectivity index (χ1v) is 14.2. The minimum atomic E-state index is -5.17. The Morgan fingerprint density at radius 1 is 1.05 bits per heavy atom. The van der Waals surface area contributed by atoms with Gasteiger partial charge in [-0.25, -0.2) is 12.8 Å². The number of morpholine rings is 1. The quantitative estimate of drug-likeness (QED) is 0.356. The second kappa shape index (κ2) is 11.1. The van der Waals surface area contributed by atoms with Gasteiger partial charge in [0.05, 0.1) is 41.8 Å². The molecule has 2 aliphatic heterocycles. The number of carbonyl (C=O) groups excluding carboxylic acids is 1. The van der Waals surface area contributed by atoms with Crippen molar-refractivity contribution in [1.82, 2.24) is 9.46 Å². The minimum Gasteiger partial charge on any atom is -0.495 e. The van der Waals surface area contributed by atoms with Gasteiger partial charge in [0.15, 0.2) is 0 Å². The predicted molar refractivity (Wildman–Crippen MR) is 135 cm³/mol. The summed E-state index contributed by atoms with van der Waals surface area (Å²) < 4.78 is 140. The molecule has 0 radical (unpaired) electrons. The van der Waals surface area contributed by atoms with Crippen LogP contribution in [0, 0.1) is 5.82 Å². The van der Waals surface area contributed by atoms with Crippen LogP contribution in [0.1, 0.15) is 23.2 Å². The van der Waals surface area contributed by atoms with Crippen LogP contribution < -0.4 is 9.64 Å². The van der Waals surface area contributed by atoms with E-state index in [2.05, 4.69) is 9.68 Å². The van der Waals surface area contributed by atoms with Crippen LogP contribution in [0.4, 0.5) is 36.4 Å². The summed E-state index contributed by atoms with van der Waals surface area (Å²) in [5.41, 5.74) is -4.63. The molecule has 17 heteroatoms. The summed E-state index contributed by atoms with van der Waals surface area (Å²) in [4.78, 5) is 14.1. The van der Waals surface area contributed by atoms with E-state index >= 15 is 0 Å². The summed E-state index contributed by atoms with van der Waals surface area (Å²) in [5.74, 6) is -3.14. The molecule has 2 saturated heterocycles. The van der Waals surface area contributed by atoms with Gasteiger partial charge < -0.3 is 18.9 Å². The summed E-state index contributed by atoms with van der Waals surface area (Å²) in [6.45, 7) is -0.898. The van der Waals surface area contributed by atoms with Crippen LogP contribution in [0.3, 0.4) is 0 Å². The van der Waals surface area contributed by atoms with Gasteiger partial charge in [0.2, 0.25) is 10.0 Å². The van der Waals surface area contributed by atoms with Gasteiger partial charge in [-0.05, 0) is 41.8 Å². The number of fused-ring (bicyclic) bond motifs is 1. The highest BCUT2D eigenvalue weighted by atomic mass is 32.2. The maximum absolute atomic E-state index is 14.3. The molecule has 5 rings (SSSR count). The number of aromatic nitrogens is 1. The number of methoxy groups -OCH3 is 1. The number of hydrogen-bond acceptors (Lipinski definition) is 7. The van der Waals surface area contributed by atoms with Crippen molar-refractivity contribution in [3.63, 3.8) is 0 Å². The fraction of sp³-hybridized carbons (Fsp3) is 0.385. The van der Waals surface area contributed by atoms with Gasteiger partial charge in [-0.2, -0.15) is 30.6 Å². The number of nitrogens with zero attached hydrogens (tertiary/aromatic N) is 3. The Labute approximate surface area is 239 Å². The largest absolute Gasteiger partial charge is 0.495 e. The number of ether oxygens (including phenoxy) is 2. The molecule has 9 nitrogen and oxygen atoms in total. The van der Waals surface area contributed by atoms with Crippen molar-refractivity contribution in [2.24, 2.45) is 0 Å². The van der Waals surface area contributed by atoms with Gasteiger partial charge in [0.25, 0.3) is 5.91 Å². The van der Waals surface area contributed by atoms with Crippen molar-refractivity contribution >= 4 is 21.6 Å². The third kappa shape index (κ3) is 6.05. The number of piperidine rings is 1. The number of anilines is 1. The number of alkyl halides is 6. The summed E-state index contributed by atoms with van der Waals surface area (Å²) in [7, 11) is -2.80. The Bertz CT molecular complexity index is 1630. The third-order valence-electron chi connectivity index (χ3n) is 7.19. The molecule has 1 aromatic heterocycles. The van der Waals surface area contributed by atoms with Crippen molar-refractivity contribution in [3.05, 3.63) is 65.3 Å². The average molecular weight is 638 g/mol. The number of sulfonamides is 1. The minimum absolute atomic E-state index is 0.0202. The Hall–Kier alpha value is -3.70. The molecule has 0 unspecified atom stereocenters. The van der Waals surface area contributed by atoms with E-state index < -0.39 is 80.9 Å². The highest BCUT2D eigenvalue weighted by Gasteiger charge is 2.46. The number of benzene rings is 2. The Balaban J connectivity index is 1.53. The van der Waals surface area contributed by atoms with E-state index in [9.17, 15) is 43.9 Å². The molecule has 232 valence electrons. The van der Waals surface area contributed by atoms with Crippen LogP contribution in [0.25, 0.3) is 11.1 Å². The first-order chi connectivity index (χ1) is 20.1. The number of rotatable bonds is 6. The molecular weight excluding hydrogens is 615 g/mol. The lowest BCUT2D eigenvalue weighted by molar-refractivity contribution is -0.140. The molecular formula is C26H22F7N3O6S. The zero-order chi connectivity index (χ0) is 31.3. The van der Waals surface area contributed by atoms with Crippen molar-refractivity contribution in [3.8, 4) is 16.9 Å². The van der Waals surface area contributed by atoms with E-state index in [-0.39, 0.29) is 42.7 Å². The van der Waals surface area contributed by atoms with Gasteiger partial charge in [-0.1, -0.05) is 11.2 Å². The van der Waals surface area contributed by atoms with Crippen molar-refractivity contribution in [2.45, 2.75) is 36.7 Å². The first-order valence-electron chi connectivity index (χ1n) is 12.6. The summed E-state index contributed by atoms with van der Waals surface area (Å²) in [6, 6.07) is 3.36. The van der Waals surface area contributed by atoms with Gasteiger partial charge in [0.1, 0.15) is 30.2 Å². The molecule has 3 heterocycles. The fourth-order valence-corrected chi connectivity index (χ4v) is 6.69. The van der Waals surface area contributed by atoms with E-state index in [1.807, 2.05) is 0 Å². The molecule has 0 N–H and O–H groups in total. The van der Waals surface area contributed by atoms with Crippen LogP contribution in [-0.2, 0) is 37.7 Å². The Morgan fingerprint density at radius 3 is 2.40 bits per heavy atom. The fourth-order valence-electron chi connectivity index (χ4n) is 5.23. The molecule has 0 bridgehead atoms. The summed E-state index contributed by atoms with van der Waals surface area (Å²) in [6.07, 6.45) is -10.0. The molecule has 43 heavy (non-hydrogen) atoms. The Kier molecular flexibility index (Phi) is 7.93. The van der Waals surface area contributed by atoms with Gasteiger partial charge in [-0.3, -0.25) is 4.79 Å². The first kappa shape index (κ1) is 30.7. The number of hydrogen-bond donors (Lipinski definition) is 0. The molecule has 3 aromatic rings. The van der Waals surface area contributed by atoms with Crippen LogP contribution in [-0.4, -0.2) is 62.7 Å². The standard InChI is InChI=1S/C26H22F7N3O6S/c1-40-22-9-16(14-2-3-19(27)18(8-14)26(31,32)33)17(25(28,29)30)10-21(22)36-20-4-6-35(11-23(20)41-12-24(36)37)43(38,39)13-15-5-7-42-34-15/h2-3,5,7-10,20,23H,4,6,11-13H2,1H3/t20-,23-/m1/s1. The second-order valence-corrected chi connectivity index (χ2v) is 11.8. The topological polar surface area (TPSA) is 102 Å². The molecule has 2 aliphatic rings. The summed E-state index contributed by atoms with van der Waals surface area (Å²) in [5, 5.41) is 3.59. The maximum atomic E-state index is 14.3. The normalized spacial score (nSPS) is 20.3. The lowest BCUT2D eigenvalue weighted by Crippen LogP contribution is -2.62. The van der Waals surface area contributed by atoms with Crippen LogP contribution >= 0.6 is 0 Å². The van der Waals surface area contributed by atoms with Gasteiger partial charge in [0, 0.05) is 19.2 Å². The third-order valence-corrected chi connectivity index (χ3v) is 8.97. The average Bonchev–Trinajstić information content (AvgIpc) is 3.43. The molecule has 2 fully saturated rings. The molecule has 0 saturated carbocycles. The van der Waals surface area contributed by atoms with E-state index in [1.165, 1.54) is 12.3 Å². The molecule has 2 atom stereocenters. The highest BCUT2D eigenvalue weighted by molar-refractivity contribution is 7.88. The zero-order valence-electron chi connectivity index (χ0n) is 22.1. The molecule has 0 aliphatic carbocycles. The number of halogens is 7. The van der Waals surface area contributed by atoms with E-state index in [0.717, 1.165) is 28.4 Å². The van der Waals surface area contributed by atoms with E-state index in [4.69, 9.17) is 9.47 Å². The highest BCUT2D eigenvalue weighted by Crippen LogP contribution is 2.46. The molecule has 1 amide bonds. The maximum Gasteiger partial charge on any atom is 0.419 e. The Morgan fingerprint density at radius 2 is 1.77 bits per heavy atom. The van der Waals surface area contributed by atoms with E-state index in [0.29, 0.717) is 12.1 Å². The SMILES string of the molecule is COc1cc(-c2ccc(F)c(C(F)(F)F)c2)c(C(F)(F)F)cc1N1C(=O)CO[C@@H]2CN(S(=O)(=O)Cc3ccon3)CC[C@H]21. The van der Waals surface area contributed by atoms with Crippen molar-refractivity contribution in [2.75, 3.05) is 31.7 Å². The lowest BCUT2D eigenvalue weighted by atomic mass is 9.94. The zero-order valence-corrected chi connectivity index (χ0v) is 22.9. The van der Waals surface area contributed by atoms with Crippen molar-refractivity contribution < 1.29 is 57.9 Å². The summed E-state index contributed by atoms with van der Waals surface area (Å²) >= 11 is 0. The van der Waals surface area contributed by atoms with Crippen LogP contribution in [0.15, 0.2) is 47.2 Å². The predicted octanol–water partition coefficient (Wildman–Crippen LogP) is 4.86. The number of carbonyl (C=O) groups is 1. The smallest absolute Gasteiger partial charge is 0.419 e. The lowest BCUT2D eigenvalue weighted by Gasteiger charge is -2.46. The van der Waals surface area contributed by atoms with Gasteiger partial charge in [-0.15, -0.1) is 0 Å². The van der Waals surface area contributed by atoms with Crippen LogP contribution in [0.5, 0.6) is 5.75 Å².